The van der Waals surface area contributed by atoms with Gasteiger partial charge in [0.2, 0.25) is 0 Å². The molecule has 2 bridgehead atoms. The monoisotopic (exact) mass is 827 g/mol. The molecule has 3 unspecified atom stereocenters. The van der Waals surface area contributed by atoms with E-state index in [9.17, 15) is 0 Å². The lowest BCUT2D eigenvalue weighted by Crippen LogP contribution is -2.28. The van der Waals surface area contributed by atoms with E-state index in [-0.39, 0.29) is 0 Å². The highest BCUT2D eigenvalue weighted by atomic mass is 15.1. The Bertz CT molecular complexity index is 2880. The van der Waals surface area contributed by atoms with Gasteiger partial charge in [0, 0.05) is 17.1 Å². The molecule has 64 heavy (non-hydrogen) atoms. The molecule has 0 aromatic heterocycles. The van der Waals surface area contributed by atoms with E-state index in [1.807, 2.05) is 0 Å². The summed E-state index contributed by atoms with van der Waals surface area (Å²) < 4.78 is 0. The molecule has 1 nitrogen and oxygen atoms in total. The lowest BCUT2D eigenvalue weighted by atomic mass is 9.67. The summed E-state index contributed by atoms with van der Waals surface area (Å²) in [5.41, 5.74) is 20.4. The Morgan fingerprint density at radius 3 is 1.62 bits per heavy atom. The van der Waals surface area contributed by atoms with Crippen molar-refractivity contribution in [1.82, 2.24) is 0 Å². The lowest BCUT2D eigenvalue weighted by Gasteiger charge is -2.35. The minimum Gasteiger partial charge on any atom is -0.310 e. The molecular formula is C63H57N. The van der Waals surface area contributed by atoms with Crippen molar-refractivity contribution in [3.63, 3.8) is 0 Å². The average Bonchev–Trinajstić information content (AvgIpc) is 4.09. The number of hydrogen-bond acceptors (Lipinski definition) is 1. The predicted octanol–water partition coefficient (Wildman–Crippen LogP) is 17.1. The maximum absolute atomic E-state index is 2.51. The third-order valence-corrected chi connectivity index (χ3v) is 16.0. The number of anilines is 3. The largest absolute Gasteiger partial charge is 0.310 e. The molecule has 0 aliphatic heterocycles. The lowest BCUT2D eigenvalue weighted by molar-refractivity contribution is 0.420. The second-order valence-corrected chi connectivity index (χ2v) is 19.5. The second-order valence-electron chi connectivity index (χ2n) is 19.5. The zero-order valence-electron chi connectivity index (χ0n) is 37.1. The van der Waals surface area contributed by atoms with Crippen LogP contribution in [0.5, 0.6) is 0 Å². The van der Waals surface area contributed by atoms with Gasteiger partial charge in [0.1, 0.15) is 0 Å². The molecule has 0 amide bonds. The highest BCUT2D eigenvalue weighted by Crippen LogP contribution is 2.58. The van der Waals surface area contributed by atoms with Crippen LogP contribution in [0.2, 0.25) is 0 Å². The molecule has 0 spiro atoms. The van der Waals surface area contributed by atoms with Crippen molar-refractivity contribution < 1.29 is 0 Å². The first-order valence-electron chi connectivity index (χ1n) is 24.2. The minimum atomic E-state index is -0.477. The van der Waals surface area contributed by atoms with Gasteiger partial charge in [0.05, 0.1) is 5.41 Å². The van der Waals surface area contributed by atoms with Crippen molar-refractivity contribution in [2.75, 3.05) is 4.90 Å². The number of hydrogen-bond donors (Lipinski definition) is 0. The molecule has 314 valence electrons. The van der Waals surface area contributed by atoms with Crippen molar-refractivity contribution in [3.8, 4) is 33.4 Å². The Kier molecular flexibility index (Phi) is 9.96. The highest BCUT2D eigenvalue weighted by Gasteiger charge is 2.47. The first-order valence-corrected chi connectivity index (χ1v) is 24.2. The Morgan fingerprint density at radius 1 is 0.438 bits per heavy atom. The zero-order valence-corrected chi connectivity index (χ0v) is 37.1. The van der Waals surface area contributed by atoms with Gasteiger partial charge in [0.25, 0.3) is 0 Å². The van der Waals surface area contributed by atoms with Crippen LogP contribution >= 0.6 is 0 Å². The fourth-order valence-electron chi connectivity index (χ4n) is 13.0. The molecule has 3 atom stereocenters. The van der Waals surface area contributed by atoms with Crippen molar-refractivity contribution in [2.24, 2.45) is 11.8 Å². The van der Waals surface area contributed by atoms with Crippen LogP contribution < -0.4 is 4.90 Å². The smallest absolute Gasteiger partial charge is 0.0714 e. The number of benzene rings is 8. The Labute approximate surface area is 380 Å². The standard InChI is InChI=1S/C63H57N/c1-43-14-13-23-60-62(43)58-39-38-55(42-61(58)63(60,51-17-7-3-8-18-51)52-19-9-4-10-20-52)64(54-36-32-49(33-37-54)59-41-44-24-25-50(59)40-44)53-34-30-48(31-35-53)57-22-12-11-21-56(57)47-28-26-46(27-29-47)45-15-5-2-6-16-45/h3-4,7-14,17-23,26-39,42,44-45,50,59H,2,5-6,15-16,24-25,40-41H2,1H3. The molecule has 0 saturated heterocycles. The predicted molar refractivity (Wildman–Crippen MR) is 268 cm³/mol. The summed E-state index contributed by atoms with van der Waals surface area (Å²) in [5, 5.41) is 0. The Hall–Kier alpha value is -6.44. The van der Waals surface area contributed by atoms with E-state index in [0.29, 0.717) is 11.8 Å². The van der Waals surface area contributed by atoms with Crippen molar-refractivity contribution in [2.45, 2.75) is 82.0 Å². The van der Waals surface area contributed by atoms with E-state index in [4.69, 9.17) is 0 Å². The Balaban J connectivity index is 0.981. The summed E-state index contributed by atoms with van der Waals surface area (Å²) in [7, 11) is 0. The van der Waals surface area contributed by atoms with Gasteiger partial charge in [-0.15, -0.1) is 0 Å². The molecule has 8 aromatic rings. The fraction of sp³-hybridized carbons (Fsp3) is 0.238. The molecule has 12 rings (SSSR count). The quantitative estimate of drug-likeness (QED) is 0.140. The average molecular weight is 828 g/mol. The van der Waals surface area contributed by atoms with Crippen LogP contribution in [0.15, 0.2) is 194 Å². The Morgan fingerprint density at radius 2 is 1.02 bits per heavy atom. The second kappa shape index (κ2) is 16.3. The number of nitrogens with zero attached hydrogens (tertiary/aromatic N) is 1. The normalized spacial score (nSPS) is 19.6. The van der Waals surface area contributed by atoms with Crippen molar-refractivity contribution >= 4 is 17.1 Å². The summed E-state index contributed by atoms with van der Waals surface area (Å²) in [6, 6.07) is 74.1. The van der Waals surface area contributed by atoms with E-state index >= 15 is 0 Å². The van der Waals surface area contributed by atoms with Crippen LogP contribution in [-0.4, -0.2) is 0 Å². The van der Waals surface area contributed by atoms with Crippen LogP contribution in [0, 0.1) is 18.8 Å². The van der Waals surface area contributed by atoms with Gasteiger partial charge in [-0.2, -0.15) is 0 Å². The summed E-state index contributed by atoms with van der Waals surface area (Å²) in [6.45, 7) is 2.28. The number of aryl methyl sites for hydroxylation is 1. The molecule has 3 fully saturated rings. The maximum Gasteiger partial charge on any atom is 0.0714 e. The number of rotatable bonds is 9. The van der Waals surface area contributed by atoms with Crippen LogP contribution in [0.25, 0.3) is 33.4 Å². The van der Waals surface area contributed by atoms with Crippen molar-refractivity contribution in [1.29, 1.82) is 0 Å². The topological polar surface area (TPSA) is 3.24 Å². The van der Waals surface area contributed by atoms with Gasteiger partial charge in [-0.25, -0.2) is 0 Å². The van der Waals surface area contributed by atoms with Gasteiger partial charge in [-0.3, -0.25) is 0 Å². The fourth-order valence-corrected chi connectivity index (χ4v) is 13.0. The SMILES string of the molecule is Cc1cccc2c1-c1ccc(N(c3ccc(-c4ccccc4-c4ccc(C5CCCCC5)cc4)cc3)c3ccc(C4CC5CCC4C5)cc3)cc1C2(c1ccccc1)c1ccccc1. The summed E-state index contributed by atoms with van der Waals surface area (Å²) in [6.07, 6.45) is 12.3. The third kappa shape index (κ3) is 6.58. The van der Waals surface area contributed by atoms with Gasteiger partial charge < -0.3 is 4.90 Å². The van der Waals surface area contributed by atoms with Gasteiger partial charge in [-0.1, -0.05) is 183 Å². The molecule has 0 N–H and O–H groups in total. The van der Waals surface area contributed by atoms with Crippen LogP contribution in [0.3, 0.4) is 0 Å². The van der Waals surface area contributed by atoms with Gasteiger partial charge in [-0.05, 0) is 171 Å². The summed E-state index contributed by atoms with van der Waals surface area (Å²) in [5.74, 6) is 3.18. The highest BCUT2D eigenvalue weighted by molar-refractivity contribution is 5.91. The molecule has 8 aromatic carbocycles. The van der Waals surface area contributed by atoms with E-state index in [0.717, 1.165) is 17.5 Å². The summed E-state index contributed by atoms with van der Waals surface area (Å²) >= 11 is 0. The van der Waals surface area contributed by atoms with Crippen LogP contribution in [-0.2, 0) is 5.41 Å². The van der Waals surface area contributed by atoms with E-state index < -0.39 is 5.41 Å². The van der Waals surface area contributed by atoms with Gasteiger partial charge in [0.15, 0.2) is 0 Å². The van der Waals surface area contributed by atoms with Crippen LogP contribution in [0.1, 0.15) is 109 Å². The van der Waals surface area contributed by atoms with E-state index in [2.05, 4.69) is 206 Å². The van der Waals surface area contributed by atoms with Gasteiger partial charge >= 0.3 is 0 Å². The third-order valence-electron chi connectivity index (χ3n) is 16.0. The zero-order chi connectivity index (χ0) is 42.6. The first kappa shape index (κ1) is 39.2. The molecule has 0 heterocycles. The molecular weight excluding hydrogens is 771 g/mol. The van der Waals surface area contributed by atoms with Crippen molar-refractivity contribution in [3.05, 3.63) is 233 Å². The molecule has 4 aliphatic rings. The van der Waals surface area contributed by atoms with E-state index in [1.165, 1.54) is 141 Å². The molecule has 1 heteroatoms. The molecule has 3 saturated carbocycles. The van der Waals surface area contributed by atoms with E-state index in [1.54, 1.807) is 0 Å². The van der Waals surface area contributed by atoms with Crippen LogP contribution in [0.4, 0.5) is 17.1 Å². The number of fused-ring (bicyclic) bond motifs is 5. The molecule has 0 radical (unpaired) electrons. The minimum absolute atomic E-state index is 0.477. The summed E-state index contributed by atoms with van der Waals surface area (Å²) in [4.78, 5) is 2.50. The molecule has 4 aliphatic carbocycles. The first-order chi connectivity index (χ1) is 31.6. The maximum atomic E-state index is 2.51.